The molecule has 0 unspecified atom stereocenters. The molecule has 1 amide bonds. The van der Waals surface area contributed by atoms with Crippen LogP contribution < -0.4 is 9.80 Å². The van der Waals surface area contributed by atoms with Crippen LogP contribution in [-0.4, -0.2) is 18.4 Å². The predicted octanol–water partition coefficient (Wildman–Crippen LogP) is 4.50. The lowest BCUT2D eigenvalue weighted by Crippen LogP contribution is -2.28. The fraction of sp³-hybridized carbons (Fsp3) is 0.235. The van der Waals surface area contributed by atoms with Gasteiger partial charge in [0.15, 0.2) is 0 Å². The second kappa shape index (κ2) is 7.35. The molecule has 0 aliphatic heterocycles. The number of halogens is 1. The summed E-state index contributed by atoms with van der Waals surface area (Å²) in [5, 5.41) is 10.6. The zero-order chi connectivity index (χ0) is 17.0. The summed E-state index contributed by atoms with van der Waals surface area (Å²) in [6.07, 6.45) is -0.925. The highest BCUT2D eigenvalue weighted by Crippen LogP contribution is 2.31. The van der Waals surface area contributed by atoms with Gasteiger partial charge in [0.2, 0.25) is 0 Å². The van der Waals surface area contributed by atoms with Crippen LogP contribution in [0.15, 0.2) is 36.4 Å². The quantitative estimate of drug-likeness (QED) is 0.660. The van der Waals surface area contributed by atoms with Crippen LogP contribution in [0.25, 0.3) is 0 Å². The van der Waals surface area contributed by atoms with Crippen molar-refractivity contribution < 1.29 is 19.5 Å². The van der Waals surface area contributed by atoms with Crippen LogP contribution in [0.3, 0.4) is 0 Å². The Morgan fingerprint density at radius 2 is 2.00 bits per heavy atom. The van der Waals surface area contributed by atoms with Gasteiger partial charge in [0, 0.05) is 5.56 Å². The number of amides is 1. The molecule has 0 saturated carbocycles. The first-order valence-corrected chi connectivity index (χ1v) is 7.36. The van der Waals surface area contributed by atoms with Crippen LogP contribution in [-0.2, 0) is 11.3 Å². The molecule has 0 fully saturated rings. The van der Waals surface area contributed by atoms with Crippen molar-refractivity contribution in [3.8, 4) is 5.75 Å². The van der Waals surface area contributed by atoms with E-state index >= 15 is 0 Å². The number of rotatable bonds is 4. The molecular weight excluding hydrogens is 318 g/mol. The molecule has 1 N–H and O–H groups in total. The lowest BCUT2D eigenvalue weighted by atomic mass is 10.1. The number of aryl methyl sites for hydroxylation is 2. The summed E-state index contributed by atoms with van der Waals surface area (Å²) in [5.41, 5.74) is 2.85. The zero-order valence-corrected chi connectivity index (χ0v) is 13.9. The smallest absolute Gasteiger partial charge is 0.438 e. The molecule has 2 aromatic carbocycles. The molecule has 0 atom stereocenters. The van der Waals surface area contributed by atoms with Crippen LogP contribution in [0.4, 0.5) is 10.5 Å². The van der Waals surface area contributed by atoms with E-state index in [1.54, 1.807) is 18.2 Å². The van der Waals surface area contributed by atoms with E-state index in [4.69, 9.17) is 16.3 Å². The number of para-hydroxylation sites is 1. The number of hydroxylamine groups is 1. The van der Waals surface area contributed by atoms with Crippen LogP contribution in [0, 0.1) is 13.8 Å². The van der Waals surface area contributed by atoms with E-state index in [-0.39, 0.29) is 17.3 Å². The maximum Gasteiger partial charge on any atom is 0.438 e. The average molecular weight is 336 g/mol. The number of carbonyl (C=O) groups is 1. The fourth-order valence-corrected chi connectivity index (χ4v) is 2.48. The van der Waals surface area contributed by atoms with Gasteiger partial charge in [-0.15, -0.1) is 0 Å². The first kappa shape index (κ1) is 17.1. The SMILES string of the molecule is COC(=O)N(O)c1c(Cl)cccc1COc1ccc(C)cc1C. The van der Waals surface area contributed by atoms with E-state index in [0.717, 1.165) is 16.9 Å². The van der Waals surface area contributed by atoms with Gasteiger partial charge >= 0.3 is 6.09 Å². The third kappa shape index (κ3) is 3.94. The predicted molar refractivity (Wildman–Crippen MR) is 88.4 cm³/mol. The second-order valence-corrected chi connectivity index (χ2v) is 5.49. The summed E-state index contributed by atoms with van der Waals surface area (Å²) < 4.78 is 10.3. The summed E-state index contributed by atoms with van der Waals surface area (Å²) in [4.78, 5) is 11.5. The Labute approximate surface area is 140 Å². The largest absolute Gasteiger partial charge is 0.489 e. The highest BCUT2D eigenvalue weighted by molar-refractivity contribution is 6.33. The fourth-order valence-electron chi connectivity index (χ4n) is 2.21. The molecule has 23 heavy (non-hydrogen) atoms. The standard InChI is InChI=1S/C17H18ClNO4/c1-11-7-8-15(12(2)9-11)23-10-13-5-4-6-14(18)16(13)19(21)17(20)22-3/h4-9,21H,10H2,1-3H3. The average Bonchev–Trinajstić information content (AvgIpc) is 2.52. The Balaban J connectivity index is 2.26. The maximum atomic E-state index is 11.5. The van der Waals surface area contributed by atoms with Crippen LogP contribution in [0.5, 0.6) is 5.75 Å². The van der Waals surface area contributed by atoms with Crippen molar-refractivity contribution in [2.75, 3.05) is 12.2 Å². The second-order valence-electron chi connectivity index (χ2n) is 5.09. The van der Waals surface area contributed by atoms with Gasteiger partial charge in [0.05, 0.1) is 12.1 Å². The minimum absolute atomic E-state index is 0.144. The molecule has 122 valence electrons. The summed E-state index contributed by atoms with van der Waals surface area (Å²) >= 11 is 6.09. The normalized spacial score (nSPS) is 10.3. The van der Waals surface area contributed by atoms with Gasteiger partial charge in [0.25, 0.3) is 0 Å². The summed E-state index contributed by atoms with van der Waals surface area (Å²) in [6.45, 7) is 4.10. The number of hydrogen-bond donors (Lipinski definition) is 1. The molecule has 5 nitrogen and oxygen atoms in total. The Morgan fingerprint density at radius 3 is 2.65 bits per heavy atom. The van der Waals surface area contributed by atoms with Crippen LogP contribution in [0.1, 0.15) is 16.7 Å². The highest BCUT2D eigenvalue weighted by atomic mass is 35.5. The minimum Gasteiger partial charge on any atom is -0.489 e. The number of methoxy groups -OCH3 is 1. The summed E-state index contributed by atoms with van der Waals surface area (Å²) in [6, 6.07) is 10.9. The Hall–Kier alpha value is -2.24. The third-order valence-electron chi connectivity index (χ3n) is 3.34. The minimum atomic E-state index is -0.925. The van der Waals surface area contributed by atoms with E-state index < -0.39 is 6.09 Å². The number of nitrogens with zero attached hydrogens (tertiary/aromatic N) is 1. The van der Waals surface area contributed by atoms with Crippen LogP contribution in [0.2, 0.25) is 5.02 Å². The van der Waals surface area contributed by atoms with Crippen molar-refractivity contribution in [1.82, 2.24) is 0 Å². The van der Waals surface area contributed by atoms with Crippen LogP contribution >= 0.6 is 11.6 Å². The van der Waals surface area contributed by atoms with Crippen molar-refractivity contribution >= 4 is 23.4 Å². The number of carbonyl (C=O) groups excluding carboxylic acids is 1. The third-order valence-corrected chi connectivity index (χ3v) is 3.65. The van der Waals surface area contributed by atoms with Crippen molar-refractivity contribution in [2.24, 2.45) is 0 Å². The van der Waals surface area contributed by atoms with Crippen molar-refractivity contribution in [3.05, 3.63) is 58.1 Å². The van der Waals surface area contributed by atoms with Crippen molar-refractivity contribution in [1.29, 1.82) is 0 Å². The Kier molecular flexibility index (Phi) is 5.47. The molecular formula is C17H18ClNO4. The molecule has 0 bridgehead atoms. The summed E-state index contributed by atoms with van der Waals surface area (Å²) in [7, 11) is 1.17. The van der Waals surface area contributed by atoms with E-state index in [1.165, 1.54) is 7.11 Å². The maximum absolute atomic E-state index is 11.5. The van der Waals surface area contributed by atoms with E-state index in [1.807, 2.05) is 32.0 Å². The zero-order valence-electron chi connectivity index (χ0n) is 13.2. The molecule has 0 spiro atoms. The Bertz CT molecular complexity index is 718. The van der Waals surface area contributed by atoms with Gasteiger partial charge in [-0.2, -0.15) is 5.06 Å². The van der Waals surface area contributed by atoms with Gasteiger partial charge in [-0.1, -0.05) is 41.4 Å². The number of benzene rings is 2. The van der Waals surface area contributed by atoms with Gasteiger partial charge in [-0.25, -0.2) is 4.79 Å². The van der Waals surface area contributed by atoms with Gasteiger partial charge < -0.3 is 9.47 Å². The molecule has 2 aromatic rings. The van der Waals surface area contributed by atoms with Gasteiger partial charge in [-0.3, -0.25) is 5.21 Å². The Morgan fingerprint density at radius 1 is 1.26 bits per heavy atom. The van der Waals surface area contributed by atoms with E-state index in [9.17, 15) is 10.0 Å². The molecule has 0 heterocycles. The molecule has 0 saturated heterocycles. The highest BCUT2D eigenvalue weighted by Gasteiger charge is 2.20. The number of ether oxygens (including phenoxy) is 2. The topological polar surface area (TPSA) is 59.0 Å². The summed E-state index contributed by atoms with van der Waals surface area (Å²) in [5.74, 6) is 0.726. The lowest BCUT2D eigenvalue weighted by Gasteiger charge is -2.19. The number of hydrogen-bond acceptors (Lipinski definition) is 4. The van der Waals surface area contributed by atoms with Gasteiger partial charge in [0.1, 0.15) is 18.0 Å². The molecule has 0 radical (unpaired) electrons. The molecule has 0 aliphatic carbocycles. The molecule has 0 aliphatic rings. The first-order valence-electron chi connectivity index (χ1n) is 6.98. The molecule has 0 aromatic heterocycles. The van der Waals surface area contributed by atoms with Crippen molar-refractivity contribution in [2.45, 2.75) is 20.5 Å². The van der Waals surface area contributed by atoms with E-state index in [2.05, 4.69) is 4.74 Å². The first-order chi connectivity index (χ1) is 10.9. The lowest BCUT2D eigenvalue weighted by molar-refractivity contribution is 0.140. The molecule has 2 rings (SSSR count). The van der Waals surface area contributed by atoms with Gasteiger partial charge in [-0.05, 0) is 31.5 Å². The van der Waals surface area contributed by atoms with E-state index in [0.29, 0.717) is 10.6 Å². The van der Waals surface area contributed by atoms with Crippen molar-refractivity contribution in [3.63, 3.8) is 0 Å². The molecule has 6 heteroatoms. The monoisotopic (exact) mass is 335 g/mol. The number of anilines is 1.